The van der Waals surface area contributed by atoms with Crippen molar-refractivity contribution in [3.05, 3.63) is 83.9 Å². The summed E-state index contributed by atoms with van der Waals surface area (Å²) < 4.78 is 5.83. The molecule has 0 aromatic heterocycles. The molecular formula is C25H27N3O3. The summed E-state index contributed by atoms with van der Waals surface area (Å²) in [5, 5.41) is 8.80. The van der Waals surface area contributed by atoms with Gasteiger partial charge in [0.15, 0.2) is 0 Å². The highest BCUT2D eigenvalue weighted by atomic mass is 16.5. The quantitative estimate of drug-likeness (QED) is 0.459. The number of hydrogen-bond acceptors (Lipinski definition) is 4. The molecule has 0 atom stereocenters. The summed E-state index contributed by atoms with van der Waals surface area (Å²) in [5.74, 6) is 0.471. The van der Waals surface area contributed by atoms with Gasteiger partial charge in [-0.3, -0.25) is 9.59 Å². The van der Waals surface area contributed by atoms with Crippen LogP contribution in [0.2, 0.25) is 0 Å². The smallest absolute Gasteiger partial charge is 0.243 e. The fraction of sp³-hybridized carbons (Fsp3) is 0.200. The third kappa shape index (κ3) is 6.89. The van der Waals surface area contributed by atoms with Gasteiger partial charge in [0.25, 0.3) is 0 Å². The number of carbonyl (C=O) groups is 2. The van der Waals surface area contributed by atoms with E-state index in [2.05, 4.69) is 16.0 Å². The molecule has 0 aliphatic carbocycles. The van der Waals surface area contributed by atoms with E-state index in [0.29, 0.717) is 24.4 Å². The number of nitrogens with one attached hydrogen (secondary N) is 3. The fourth-order valence-corrected chi connectivity index (χ4v) is 2.90. The largest absolute Gasteiger partial charge is 0.489 e. The van der Waals surface area contributed by atoms with E-state index in [9.17, 15) is 9.59 Å². The van der Waals surface area contributed by atoms with Crippen molar-refractivity contribution in [2.75, 3.05) is 22.5 Å². The molecule has 0 radical (unpaired) electrons. The van der Waals surface area contributed by atoms with Crippen LogP contribution in [0.4, 0.5) is 17.1 Å². The number of hydrogen-bond donors (Lipinski definition) is 3. The molecule has 6 nitrogen and oxygen atoms in total. The van der Waals surface area contributed by atoms with Crippen molar-refractivity contribution in [3.63, 3.8) is 0 Å². The molecule has 0 aliphatic heterocycles. The van der Waals surface area contributed by atoms with Gasteiger partial charge >= 0.3 is 0 Å². The maximum atomic E-state index is 12.4. The Hall–Kier alpha value is -3.80. The van der Waals surface area contributed by atoms with Gasteiger partial charge in [0.1, 0.15) is 12.4 Å². The van der Waals surface area contributed by atoms with Gasteiger partial charge in [-0.15, -0.1) is 0 Å². The van der Waals surface area contributed by atoms with Crippen molar-refractivity contribution >= 4 is 28.9 Å². The van der Waals surface area contributed by atoms with Crippen molar-refractivity contribution in [3.8, 4) is 5.75 Å². The number of rotatable bonds is 9. The van der Waals surface area contributed by atoms with Gasteiger partial charge in [-0.2, -0.15) is 0 Å². The van der Waals surface area contributed by atoms with Crippen molar-refractivity contribution in [1.29, 1.82) is 0 Å². The number of carbonyl (C=O) groups excluding carboxylic acids is 2. The number of benzene rings is 3. The molecule has 0 saturated heterocycles. The van der Waals surface area contributed by atoms with Crippen LogP contribution in [0.3, 0.4) is 0 Å². The minimum Gasteiger partial charge on any atom is -0.489 e. The number of anilines is 3. The molecule has 0 saturated carbocycles. The van der Waals surface area contributed by atoms with Gasteiger partial charge < -0.3 is 20.7 Å². The summed E-state index contributed by atoms with van der Waals surface area (Å²) in [6, 6.07) is 22.9. The Balaban J connectivity index is 1.52. The molecule has 31 heavy (non-hydrogen) atoms. The predicted molar refractivity (Wildman–Crippen MR) is 124 cm³/mol. The average molecular weight is 418 g/mol. The maximum Gasteiger partial charge on any atom is 0.243 e. The topological polar surface area (TPSA) is 79.5 Å². The van der Waals surface area contributed by atoms with Crippen molar-refractivity contribution < 1.29 is 14.3 Å². The monoisotopic (exact) mass is 417 g/mol. The van der Waals surface area contributed by atoms with E-state index in [1.165, 1.54) is 0 Å². The van der Waals surface area contributed by atoms with Crippen LogP contribution >= 0.6 is 0 Å². The molecule has 3 rings (SSSR count). The molecule has 0 aliphatic rings. The first kappa shape index (κ1) is 21.9. The predicted octanol–water partition coefficient (Wildman–Crippen LogP) is 4.97. The van der Waals surface area contributed by atoms with Gasteiger partial charge in [-0.25, -0.2) is 0 Å². The van der Waals surface area contributed by atoms with Crippen LogP contribution in [0.1, 0.15) is 24.5 Å². The van der Waals surface area contributed by atoms with Gasteiger partial charge in [0.2, 0.25) is 11.8 Å². The summed E-state index contributed by atoms with van der Waals surface area (Å²) in [6.07, 6.45) is 0.397. The summed E-state index contributed by atoms with van der Waals surface area (Å²) in [6.45, 7) is 4.29. The van der Waals surface area contributed by atoms with E-state index in [0.717, 1.165) is 22.6 Å². The maximum absolute atomic E-state index is 12.4. The molecule has 2 amide bonds. The van der Waals surface area contributed by atoms with E-state index >= 15 is 0 Å². The van der Waals surface area contributed by atoms with Gasteiger partial charge in [0.05, 0.1) is 6.54 Å². The average Bonchev–Trinajstić information content (AvgIpc) is 2.79. The highest BCUT2D eigenvalue weighted by Gasteiger charge is 2.07. The summed E-state index contributed by atoms with van der Waals surface area (Å²) in [5.41, 5.74) is 4.14. The zero-order valence-electron chi connectivity index (χ0n) is 17.8. The molecule has 3 aromatic rings. The Bertz CT molecular complexity index is 1040. The standard InChI is InChI=1S/C25H27N3O3/c1-3-24(29)28-23-15-21(13-12-18(23)2)27-25(30)16-26-20-10-7-11-22(14-20)31-17-19-8-5-4-6-9-19/h4-15,26H,3,16-17H2,1-2H3,(H,27,30)(H,28,29). The van der Waals surface area contributed by atoms with E-state index in [1.54, 1.807) is 13.0 Å². The number of ether oxygens (including phenoxy) is 1. The van der Waals surface area contributed by atoms with Gasteiger partial charge in [-0.1, -0.05) is 49.4 Å². The van der Waals surface area contributed by atoms with Crippen LogP contribution in [-0.2, 0) is 16.2 Å². The number of amides is 2. The van der Waals surface area contributed by atoms with Crippen LogP contribution in [0.5, 0.6) is 5.75 Å². The van der Waals surface area contributed by atoms with Crippen LogP contribution in [0, 0.1) is 6.92 Å². The molecule has 3 aromatic carbocycles. The second kappa shape index (κ2) is 10.8. The van der Waals surface area contributed by atoms with Crippen molar-refractivity contribution in [1.82, 2.24) is 0 Å². The lowest BCUT2D eigenvalue weighted by atomic mass is 10.1. The SMILES string of the molecule is CCC(=O)Nc1cc(NC(=O)CNc2cccc(OCc3ccccc3)c2)ccc1C. The minimum atomic E-state index is -0.188. The van der Waals surface area contributed by atoms with Crippen LogP contribution in [-0.4, -0.2) is 18.4 Å². The lowest BCUT2D eigenvalue weighted by Crippen LogP contribution is -2.22. The molecule has 0 spiro atoms. The van der Waals surface area contributed by atoms with E-state index < -0.39 is 0 Å². The molecule has 0 heterocycles. The lowest BCUT2D eigenvalue weighted by molar-refractivity contribution is -0.116. The minimum absolute atomic E-state index is 0.0670. The molecule has 6 heteroatoms. The second-order valence-electron chi connectivity index (χ2n) is 7.14. The third-order valence-electron chi connectivity index (χ3n) is 4.65. The van der Waals surface area contributed by atoms with Crippen LogP contribution < -0.4 is 20.7 Å². The van der Waals surface area contributed by atoms with Crippen molar-refractivity contribution in [2.24, 2.45) is 0 Å². The van der Waals surface area contributed by atoms with Gasteiger partial charge in [0, 0.05) is 29.5 Å². The first-order valence-corrected chi connectivity index (χ1v) is 10.2. The fourth-order valence-electron chi connectivity index (χ4n) is 2.90. The highest BCUT2D eigenvalue weighted by molar-refractivity contribution is 5.96. The lowest BCUT2D eigenvalue weighted by Gasteiger charge is -2.12. The Labute approximate surface area is 182 Å². The second-order valence-corrected chi connectivity index (χ2v) is 7.14. The first-order valence-electron chi connectivity index (χ1n) is 10.2. The molecular weight excluding hydrogens is 390 g/mol. The van der Waals surface area contributed by atoms with Crippen LogP contribution in [0.15, 0.2) is 72.8 Å². The third-order valence-corrected chi connectivity index (χ3v) is 4.65. The Morgan fingerprint density at radius 3 is 2.42 bits per heavy atom. The Kier molecular flexibility index (Phi) is 7.65. The number of aryl methyl sites for hydroxylation is 1. The van der Waals surface area contributed by atoms with Crippen LogP contribution in [0.25, 0.3) is 0 Å². The molecule has 3 N–H and O–H groups in total. The van der Waals surface area contributed by atoms with E-state index in [4.69, 9.17) is 4.74 Å². The summed E-state index contributed by atoms with van der Waals surface area (Å²) >= 11 is 0. The Morgan fingerprint density at radius 1 is 0.839 bits per heavy atom. The van der Waals surface area contributed by atoms with Gasteiger partial charge in [-0.05, 0) is 42.3 Å². The zero-order chi connectivity index (χ0) is 22.1. The zero-order valence-corrected chi connectivity index (χ0v) is 17.8. The summed E-state index contributed by atoms with van der Waals surface area (Å²) in [7, 11) is 0. The molecule has 0 bridgehead atoms. The first-order chi connectivity index (χ1) is 15.0. The molecule has 0 unspecified atom stereocenters. The van der Waals surface area contributed by atoms with E-state index in [-0.39, 0.29) is 18.4 Å². The molecule has 0 fully saturated rings. The molecule has 160 valence electrons. The highest BCUT2D eigenvalue weighted by Crippen LogP contribution is 2.21. The van der Waals surface area contributed by atoms with E-state index in [1.807, 2.05) is 73.7 Å². The summed E-state index contributed by atoms with van der Waals surface area (Å²) in [4.78, 5) is 24.0. The Morgan fingerprint density at radius 2 is 1.65 bits per heavy atom. The van der Waals surface area contributed by atoms with Crippen molar-refractivity contribution in [2.45, 2.75) is 26.9 Å². The normalized spacial score (nSPS) is 10.3.